The van der Waals surface area contributed by atoms with E-state index in [0.717, 1.165) is 0 Å². The van der Waals surface area contributed by atoms with Crippen molar-refractivity contribution in [1.82, 2.24) is 4.98 Å². The first-order valence-electron chi connectivity index (χ1n) is 4.00. The van der Waals surface area contributed by atoms with Crippen molar-refractivity contribution in [2.24, 2.45) is 0 Å². The Morgan fingerprint density at radius 3 is 2.33 bits per heavy atom. The Bertz CT molecular complexity index is 475. The lowest BCUT2D eigenvalue weighted by Crippen LogP contribution is -2.20. The average Bonchev–Trinajstić information content (AvgIpc) is 2.13. The lowest BCUT2D eigenvalue weighted by atomic mass is 10.2. The number of rotatable bonds is 3. The maximum Gasteiger partial charge on any atom is 0.574 e. The fraction of sp³-hybridized carbons (Fsp3) is 0.286. The Balaban J connectivity index is 3.37. The predicted octanol–water partition coefficient (Wildman–Crippen LogP) is 2.97. The highest BCUT2D eigenvalue weighted by molar-refractivity contribution is 5.40. The molecule has 11 heteroatoms. The molecule has 0 N–H and O–H groups in total. The smallest absolute Gasteiger partial charge is 0.387 e. The molecule has 0 fully saturated rings. The van der Waals surface area contributed by atoms with Crippen molar-refractivity contribution in [3.8, 4) is 5.88 Å². The van der Waals surface area contributed by atoms with Crippen molar-refractivity contribution in [3.05, 3.63) is 27.7 Å². The van der Waals surface area contributed by atoms with Gasteiger partial charge in [-0.25, -0.2) is 13.8 Å². The highest BCUT2D eigenvalue weighted by Crippen LogP contribution is 2.36. The Kier molecular flexibility index (Phi) is 3.62. The Labute approximate surface area is 94.1 Å². The molecule has 0 radical (unpaired) electrons. The molecule has 1 aromatic rings. The molecule has 0 unspecified atom stereocenters. The van der Waals surface area contributed by atoms with E-state index in [9.17, 15) is 36.5 Å². The highest BCUT2D eigenvalue weighted by Gasteiger charge is 2.37. The summed E-state index contributed by atoms with van der Waals surface area (Å²) in [4.78, 5) is 11.5. The van der Waals surface area contributed by atoms with Gasteiger partial charge in [0.2, 0.25) is 11.7 Å². The Morgan fingerprint density at radius 2 is 1.94 bits per heavy atom. The van der Waals surface area contributed by atoms with Crippen LogP contribution in [0.1, 0.15) is 12.0 Å². The first kappa shape index (κ1) is 14.0. The normalized spacial score (nSPS) is 11.7. The number of halogens is 6. The van der Waals surface area contributed by atoms with Crippen LogP contribution in [0.2, 0.25) is 0 Å². The SMILES string of the molecule is O=[N+]([O-])c1cnc(OC(F)(F)F)c(C(F)F)c1F. The molecule has 0 amide bonds. The summed E-state index contributed by atoms with van der Waals surface area (Å²) in [6, 6.07) is 0. The van der Waals surface area contributed by atoms with E-state index in [1.54, 1.807) is 0 Å². The van der Waals surface area contributed by atoms with E-state index in [1.807, 2.05) is 0 Å². The van der Waals surface area contributed by atoms with Crippen LogP contribution in [0.3, 0.4) is 0 Å². The van der Waals surface area contributed by atoms with Gasteiger partial charge in [-0.3, -0.25) is 10.1 Å². The maximum absolute atomic E-state index is 13.2. The molecule has 18 heavy (non-hydrogen) atoms. The number of hydrogen-bond donors (Lipinski definition) is 0. The van der Waals surface area contributed by atoms with Gasteiger partial charge in [0.25, 0.3) is 6.43 Å². The molecule has 1 heterocycles. The molecule has 1 rings (SSSR count). The number of pyridine rings is 1. The van der Waals surface area contributed by atoms with Crippen LogP contribution in [0, 0.1) is 15.9 Å². The summed E-state index contributed by atoms with van der Waals surface area (Å²) in [6.45, 7) is 0. The second-order valence-electron chi connectivity index (χ2n) is 2.78. The third-order valence-electron chi connectivity index (χ3n) is 1.62. The summed E-state index contributed by atoms with van der Waals surface area (Å²) >= 11 is 0. The molecule has 1 aromatic heterocycles. The minimum Gasteiger partial charge on any atom is -0.387 e. The van der Waals surface area contributed by atoms with Crippen molar-refractivity contribution in [2.75, 3.05) is 0 Å². The lowest BCUT2D eigenvalue weighted by Gasteiger charge is -2.11. The summed E-state index contributed by atoms with van der Waals surface area (Å²) in [7, 11) is 0. The van der Waals surface area contributed by atoms with Gasteiger partial charge in [-0.2, -0.15) is 4.39 Å². The minimum absolute atomic E-state index is 0.0578. The standard InChI is InChI=1S/C7H2F6N2O3/c8-4-2(15(16)17)1-14-6(3(4)5(9)10)18-7(11,12)13/h1,5H. The monoisotopic (exact) mass is 276 g/mol. The molecular weight excluding hydrogens is 274 g/mol. The summed E-state index contributed by atoms with van der Waals surface area (Å²) in [5, 5.41) is 10.2. The zero-order chi connectivity index (χ0) is 14.1. The van der Waals surface area contributed by atoms with Crippen molar-refractivity contribution >= 4 is 5.69 Å². The van der Waals surface area contributed by atoms with Crippen molar-refractivity contribution in [2.45, 2.75) is 12.8 Å². The van der Waals surface area contributed by atoms with Crippen LogP contribution in [0.4, 0.5) is 32.0 Å². The number of nitro groups is 1. The van der Waals surface area contributed by atoms with Gasteiger partial charge in [0.1, 0.15) is 11.8 Å². The Morgan fingerprint density at radius 1 is 1.39 bits per heavy atom. The zero-order valence-electron chi connectivity index (χ0n) is 8.04. The quantitative estimate of drug-likeness (QED) is 0.483. The number of aromatic nitrogens is 1. The van der Waals surface area contributed by atoms with Crippen molar-refractivity contribution in [3.63, 3.8) is 0 Å². The van der Waals surface area contributed by atoms with Crippen LogP contribution in [-0.4, -0.2) is 16.3 Å². The third-order valence-corrected chi connectivity index (χ3v) is 1.62. The molecule has 0 spiro atoms. The molecule has 0 bridgehead atoms. The third kappa shape index (κ3) is 2.99. The molecule has 0 aromatic carbocycles. The van der Waals surface area contributed by atoms with Crippen molar-refractivity contribution < 1.29 is 36.0 Å². The molecule has 0 saturated carbocycles. The van der Waals surface area contributed by atoms with Crippen LogP contribution < -0.4 is 4.74 Å². The van der Waals surface area contributed by atoms with E-state index in [-0.39, 0.29) is 6.20 Å². The maximum atomic E-state index is 13.2. The molecule has 5 nitrogen and oxygen atoms in total. The van der Waals surface area contributed by atoms with Gasteiger partial charge in [0.15, 0.2) is 0 Å². The molecule has 0 saturated heterocycles. The first-order valence-corrected chi connectivity index (χ1v) is 4.00. The largest absolute Gasteiger partial charge is 0.574 e. The summed E-state index contributed by atoms with van der Waals surface area (Å²) in [5.74, 6) is -3.88. The summed E-state index contributed by atoms with van der Waals surface area (Å²) in [5.41, 5.74) is -3.39. The van der Waals surface area contributed by atoms with Gasteiger partial charge in [-0.05, 0) is 0 Å². The zero-order valence-corrected chi connectivity index (χ0v) is 8.04. The predicted molar refractivity (Wildman–Crippen MR) is 42.5 cm³/mol. The Hall–Kier alpha value is -2.07. The topological polar surface area (TPSA) is 65.3 Å². The van der Waals surface area contributed by atoms with Gasteiger partial charge in [0.05, 0.1) is 4.92 Å². The minimum atomic E-state index is -5.38. The van der Waals surface area contributed by atoms with E-state index in [2.05, 4.69) is 9.72 Å². The fourth-order valence-corrected chi connectivity index (χ4v) is 0.985. The number of nitrogens with zero attached hydrogens (tertiary/aromatic N) is 2. The second kappa shape index (κ2) is 4.66. The number of ether oxygens (including phenoxy) is 1. The first-order chi connectivity index (χ1) is 8.13. The van der Waals surface area contributed by atoms with Crippen LogP contribution in [-0.2, 0) is 0 Å². The van der Waals surface area contributed by atoms with E-state index in [0.29, 0.717) is 0 Å². The van der Waals surface area contributed by atoms with Gasteiger partial charge in [-0.15, -0.1) is 13.2 Å². The van der Waals surface area contributed by atoms with Gasteiger partial charge in [0, 0.05) is 0 Å². The molecule has 0 aliphatic carbocycles. The van der Waals surface area contributed by atoms with Crippen LogP contribution in [0.15, 0.2) is 6.20 Å². The number of alkyl halides is 5. The number of hydrogen-bond acceptors (Lipinski definition) is 4. The van der Waals surface area contributed by atoms with E-state index in [1.165, 1.54) is 0 Å². The molecular formula is C7H2F6N2O3. The summed E-state index contributed by atoms with van der Waals surface area (Å²) in [6.07, 6.45) is -9.07. The summed E-state index contributed by atoms with van der Waals surface area (Å²) < 4.78 is 76.4. The van der Waals surface area contributed by atoms with Crippen LogP contribution >= 0.6 is 0 Å². The van der Waals surface area contributed by atoms with Crippen molar-refractivity contribution in [1.29, 1.82) is 0 Å². The molecule has 100 valence electrons. The lowest BCUT2D eigenvalue weighted by molar-refractivity contribution is -0.388. The van der Waals surface area contributed by atoms with Gasteiger partial charge >= 0.3 is 12.0 Å². The fourth-order valence-electron chi connectivity index (χ4n) is 0.985. The van der Waals surface area contributed by atoms with E-state index >= 15 is 0 Å². The van der Waals surface area contributed by atoms with E-state index in [4.69, 9.17) is 0 Å². The molecule has 0 atom stereocenters. The van der Waals surface area contributed by atoms with E-state index < -0.39 is 40.7 Å². The molecule has 0 aliphatic heterocycles. The van der Waals surface area contributed by atoms with Gasteiger partial charge < -0.3 is 4.74 Å². The highest BCUT2D eigenvalue weighted by atomic mass is 19.4. The molecule has 0 aliphatic rings. The van der Waals surface area contributed by atoms with Crippen LogP contribution in [0.25, 0.3) is 0 Å². The van der Waals surface area contributed by atoms with Gasteiger partial charge in [-0.1, -0.05) is 0 Å². The average molecular weight is 276 g/mol. The second-order valence-corrected chi connectivity index (χ2v) is 2.78. The van der Waals surface area contributed by atoms with Crippen LogP contribution in [0.5, 0.6) is 5.88 Å².